The second-order valence-electron chi connectivity index (χ2n) is 4.58. The van der Waals surface area contributed by atoms with Crippen molar-refractivity contribution in [2.75, 3.05) is 14.2 Å². The molecule has 1 atom stereocenters. The molecule has 1 N–H and O–H groups in total. The number of para-hydroxylation sites is 1. The average Bonchev–Trinajstić information content (AvgIpc) is 2.48. The van der Waals surface area contributed by atoms with E-state index in [0.717, 1.165) is 23.3 Å². The molecule has 0 aliphatic heterocycles. The molecule has 0 aliphatic carbocycles. The highest BCUT2D eigenvalue weighted by Gasteiger charge is 2.30. The van der Waals surface area contributed by atoms with Crippen molar-refractivity contribution in [2.45, 2.75) is 12.2 Å². The molecule has 0 aromatic heterocycles. The van der Waals surface area contributed by atoms with E-state index in [9.17, 15) is 13.2 Å². The molecular formula is C16H16F3NO. The number of nitrogens with one attached hydrogen (secondary N) is 1. The molecule has 21 heavy (non-hydrogen) atoms. The fourth-order valence-electron chi connectivity index (χ4n) is 2.27. The van der Waals surface area contributed by atoms with E-state index in [1.54, 1.807) is 14.2 Å². The number of alkyl halides is 3. The summed E-state index contributed by atoms with van der Waals surface area (Å²) in [5, 5.41) is 3.11. The van der Waals surface area contributed by atoms with E-state index >= 15 is 0 Å². The minimum atomic E-state index is -4.32. The number of hydrogen-bond acceptors (Lipinski definition) is 2. The molecule has 5 heteroatoms. The summed E-state index contributed by atoms with van der Waals surface area (Å²) in [6.45, 7) is 0. The summed E-state index contributed by atoms with van der Waals surface area (Å²) in [5.74, 6) is 0.691. The maximum atomic E-state index is 12.6. The molecule has 0 amide bonds. The first-order valence-electron chi connectivity index (χ1n) is 6.44. The molecule has 0 radical (unpaired) electrons. The fourth-order valence-corrected chi connectivity index (χ4v) is 2.27. The third kappa shape index (κ3) is 3.36. The molecule has 1 unspecified atom stereocenters. The van der Waals surface area contributed by atoms with E-state index in [0.29, 0.717) is 5.75 Å². The predicted molar refractivity (Wildman–Crippen MR) is 75.3 cm³/mol. The van der Waals surface area contributed by atoms with Crippen LogP contribution in [0.3, 0.4) is 0 Å². The predicted octanol–water partition coefficient (Wildman–Crippen LogP) is 4.02. The smallest absolute Gasteiger partial charge is 0.416 e. The number of methoxy groups -OCH3 is 1. The maximum absolute atomic E-state index is 12.6. The van der Waals surface area contributed by atoms with E-state index in [1.807, 2.05) is 24.3 Å². The quantitative estimate of drug-likeness (QED) is 0.919. The van der Waals surface area contributed by atoms with Crippen LogP contribution in [0.2, 0.25) is 0 Å². The lowest BCUT2D eigenvalue weighted by Gasteiger charge is -2.20. The lowest BCUT2D eigenvalue weighted by Crippen LogP contribution is -2.18. The highest BCUT2D eigenvalue weighted by Crippen LogP contribution is 2.33. The van der Waals surface area contributed by atoms with Crippen LogP contribution in [0.25, 0.3) is 0 Å². The van der Waals surface area contributed by atoms with Crippen molar-refractivity contribution in [3.8, 4) is 5.75 Å². The summed E-state index contributed by atoms with van der Waals surface area (Å²) in [6.07, 6.45) is -4.32. The number of hydrogen-bond donors (Lipinski definition) is 1. The molecule has 0 heterocycles. The van der Waals surface area contributed by atoms with Crippen molar-refractivity contribution in [3.05, 3.63) is 65.2 Å². The Bertz CT molecular complexity index is 593. The van der Waals surface area contributed by atoms with Gasteiger partial charge in [-0.1, -0.05) is 30.3 Å². The molecule has 0 saturated carbocycles. The summed E-state index contributed by atoms with van der Waals surface area (Å²) >= 11 is 0. The molecule has 2 aromatic carbocycles. The van der Waals surface area contributed by atoms with Crippen LogP contribution in [0, 0.1) is 0 Å². The monoisotopic (exact) mass is 295 g/mol. The molecular weight excluding hydrogens is 279 g/mol. The van der Waals surface area contributed by atoms with Gasteiger partial charge in [-0.3, -0.25) is 0 Å². The van der Waals surface area contributed by atoms with Crippen LogP contribution in [0.15, 0.2) is 48.5 Å². The zero-order chi connectivity index (χ0) is 15.5. The SMILES string of the molecule is CNC(c1ccc(C(F)(F)F)cc1)c1ccccc1OC. The van der Waals surface area contributed by atoms with E-state index in [-0.39, 0.29) is 6.04 Å². The van der Waals surface area contributed by atoms with Crippen molar-refractivity contribution >= 4 is 0 Å². The summed E-state index contributed by atoms with van der Waals surface area (Å²) in [6, 6.07) is 12.3. The zero-order valence-electron chi connectivity index (χ0n) is 11.7. The van der Waals surface area contributed by atoms with Crippen molar-refractivity contribution in [1.29, 1.82) is 0 Å². The van der Waals surface area contributed by atoms with Gasteiger partial charge in [0, 0.05) is 5.56 Å². The fraction of sp³-hybridized carbons (Fsp3) is 0.250. The summed E-state index contributed by atoms with van der Waals surface area (Å²) in [7, 11) is 3.33. The second kappa shape index (κ2) is 6.18. The average molecular weight is 295 g/mol. The van der Waals surface area contributed by atoms with Gasteiger partial charge in [0.25, 0.3) is 0 Å². The minimum absolute atomic E-state index is 0.233. The van der Waals surface area contributed by atoms with Gasteiger partial charge in [0.2, 0.25) is 0 Å². The maximum Gasteiger partial charge on any atom is 0.416 e. The standard InChI is InChI=1S/C16H16F3NO/c1-20-15(13-5-3-4-6-14(13)21-2)11-7-9-12(10-8-11)16(17,18)19/h3-10,15,20H,1-2H3. The first-order chi connectivity index (χ1) is 9.97. The number of benzene rings is 2. The zero-order valence-corrected chi connectivity index (χ0v) is 11.7. The van der Waals surface area contributed by atoms with Crippen molar-refractivity contribution in [3.63, 3.8) is 0 Å². The van der Waals surface area contributed by atoms with Gasteiger partial charge in [0.05, 0.1) is 18.7 Å². The molecule has 0 spiro atoms. The molecule has 0 fully saturated rings. The normalized spacial score (nSPS) is 13.0. The Morgan fingerprint density at radius 3 is 2.14 bits per heavy atom. The highest BCUT2D eigenvalue weighted by atomic mass is 19.4. The lowest BCUT2D eigenvalue weighted by atomic mass is 9.97. The third-order valence-electron chi connectivity index (χ3n) is 3.31. The Morgan fingerprint density at radius 2 is 1.62 bits per heavy atom. The van der Waals surface area contributed by atoms with E-state index < -0.39 is 11.7 Å². The molecule has 2 nitrogen and oxygen atoms in total. The van der Waals surface area contributed by atoms with Crippen LogP contribution < -0.4 is 10.1 Å². The van der Waals surface area contributed by atoms with Gasteiger partial charge in [0.15, 0.2) is 0 Å². The Balaban J connectivity index is 2.38. The lowest BCUT2D eigenvalue weighted by molar-refractivity contribution is -0.137. The molecule has 0 saturated heterocycles. The molecule has 2 rings (SSSR count). The van der Waals surface area contributed by atoms with Gasteiger partial charge in [-0.2, -0.15) is 13.2 Å². The Hall–Kier alpha value is -2.01. The first-order valence-corrected chi connectivity index (χ1v) is 6.44. The van der Waals surface area contributed by atoms with Crippen LogP contribution in [0.1, 0.15) is 22.7 Å². The summed E-state index contributed by atoms with van der Waals surface area (Å²) in [5.41, 5.74) is 0.971. The van der Waals surface area contributed by atoms with Gasteiger partial charge >= 0.3 is 6.18 Å². The van der Waals surface area contributed by atoms with Gasteiger partial charge < -0.3 is 10.1 Å². The Kier molecular flexibility index (Phi) is 4.53. The van der Waals surface area contributed by atoms with Crippen LogP contribution in [0.4, 0.5) is 13.2 Å². The Labute approximate surface area is 121 Å². The van der Waals surface area contributed by atoms with Gasteiger partial charge in [0.1, 0.15) is 5.75 Å². The molecule has 2 aromatic rings. The van der Waals surface area contributed by atoms with Gasteiger partial charge in [-0.15, -0.1) is 0 Å². The van der Waals surface area contributed by atoms with Crippen molar-refractivity contribution in [2.24, 2.45) is 0 Å². The summed E-state index contributed by atoms with van der Waals surface area (Å²) in [4.78, 5) is 0. The van der Waals surface area contributed by atoms with Gasteiger partial charge in [-0.05, 0) is 30.8 Å². The molecule has 0 aliphatic rings. The van der Waals surface area contributed by atoms with E-state index in [4.69, 9.17) is 4.74 Å². The van der Waals surface area contributed by atoms with Crippen LogP contribution in [0.5, 0.6) is 5.75 Å². The first kappa shape index (κ1) is 15.4. The van der Waals surface area contributed by atoms with E-state index in [1.165, 1.54) is 12.1 Å². The van der Waals surface area contributed by atoms with Crippen LogP contribution in [-0.4, -0.2) is 14.2 Å². The second-order valence-corrected chi connectivity index (χ2v) is 4.58. The molecule has 0 bridgehead atoms. The summed E-state index contributed by atoms with van der Waals surface area (Å²) < 4.78 is 43.1. The van der Waals surface area contributed by atoms with Crippen molar-refractivity contribution < 1.29 is 17.9 Å². The largest absolute Gasteiger partial charge is 0.496 e. The topological polar surface area (TPSA) is 21.3 Å². The highest BCUT2D eigenvalue weighted by molar-refractivity contribution is 5.42. The Morgan fingerprint density at radius 1 is 1.00 bits per heavy atom. The number of halogens is 3. The number of ether oxygens (including phenoxy) is 1. The van der Waals surface area contributed by atoms with Crippen LogP contribution in [-0.2, 0) is 6.18 Å². The number of rotatable bonds is 4. The van der Waals surface area contributed by atoms with Gasteiger partial charge in [-0.25, -0.2) is 0 Å². The third-order valence-corrected chi connectivity index (χ3v) is 3.31. The van der Waals surface area contributed by atoms with Crippen molar-refractivity contribution in [1.82, 2.24) is 5.32 Å². The van der Waals surface area contributed by atoms with E-state index in [2.05, 4.69) is 5.32 Å². The minimum Gasteiger partial charge on any atom is -0.496 e. The van der Waals surface area contributed by atoms with Crippen LogP contribution >= 0.6 is 0 Å². The molecule has 112 valence electrons.